The van der Waals surface area contributed by atoms with Crippen LogP contribution in [0.2, 0.25) is 0 Å². The molecule has 0 aliphatic heterocycles. The standard InChI is InChI=1S/C20H27NO3/c1-5-15(2)24-20-17(7-6-8-19(20)23-4)14-21-13-16-9-11-18(22-3)12-10-16/h6-12,15,21H,5,13-14H2,1-4H3. The minimum absolute atomic E-state index is 0.154. The van der Waals surface area contributed by atoms with Crippen LogP contribution in [0.5, 0.6) is 17.2 Å². The predicted molar refractivity (Wildman–Crippen MR) is 96.9 cm³/mol. The van der Waals surface area contributed by atoms with Crippen molar-refractivity contribution in [1.29, 1.82) is 0 Å². The Bertz CT molecular complexity index is 625. The monoisotopic (exact) mass is 329 g/mol. The molecule has 24 heavy (non-hydrogen) atoms. The van der Waals surface area contributed by atoms with E-state index in [1.807, 2.05) is 24.3 Å². The smallest absolute Gasteiger partial charge is 0.166 e. The van der Waals surface area contributed by atoms with E-state index in [0.717, 1.165) is 42.3 Å². The van der Waals surface area contributed by atoms with Gasteiger partial charge >= 0.3 is 0 Å². The molecule has 1 unspecified atom stereocenters. The molecule has 0 radical (unpaired) electrons. The Balaban J connectivity index is 2.02. The largest absolute Gasteiger partial charge is 0.497 e. The van der Waals surface area contributed by atoms with Gasteiger partial charge in [0.1, 0.15) is 5.75 Å². The van der Waals surface area contributed by atoms with Gasteiger partial charge in [-0.2, -0.15) is 0 Å². The fourth-order valence-electron chi connectivity index (χ4n) is 2.36. The van der Waals surface area contributed by atoms with Crippen LogP contribution in [0.25, 0.3) is 0 Å². The molecule has 130 valence electrons. The topological polar surface area (TPSA) is 39.7 Å². The fraction of sp³-hybridized carbons (Fsp3) is 0.400. The lowest BCUT2D eigenvalue weighted by atomic mass is 10.1. The van der Waals surface area contributed by atoms with Gasteiger partial charge in [-0.3, -0.25) is 0 Å². The molecule has 0 aliphatic carbocycles. The molecule has 0 fully saturated rings. The van der Waals surface area contributed by atoms with E-state index in [-0.39, 0.29) is 6.10 Å². The van der Waals surface area contributed by atoms with E-state index >= 15 is 0 Å². The molecule has 0 bridgehead atoms. The lowest BCUT2D eigenvalue weighted by Crippen LogP contribution is -2.16. The molecule has 0 amide bonds. The lowest BCUT2D eigenvalue weighted by Gasteiger charge is -2.19. The molecule has 1 atom stereocenters. The third-order valence-electron chi connectivity index (χ3n) is 3.98. The van der Waals surface area contributed by atoms with Crippen molar-refractivity contribution in [3.8, 4) is 17.2 Å². The molecule has 0 aliphatic rings. The highest BCUT2D eigenvalue weighted by Crippen LogP contribution is 2.32. The van der Waals surface area contributed by atoms with E-state index in [1.165, 1.54) is 5.56 Å². The van der Waals surface area contributed by atoms with Crippen LogP contribution in [0.15, 0.2) is 42.5 Å². The van der Waals surface area contributed by atoms with E-state index in [9.17, 15) is 0 Å². The van der Waals surface area contributed by atoms with Crippen LogP contribution in [0.4, 0.5) is 0 Å². The van der Waals surface area contributed by atoms with Crippen molar-refractivity contribution in [2.75, 3.05) is 14.2 Å². The van der Waals surface area contributed by atoms with Gasteiger partial charge in [0.2, 0.25) is 0 Å². The van der Waals surface area contributed by atoms with Crippen LogP contribution in [0.1, 0.15) is 31.4 Å². The highest BCUT2D eigenvalue weighted by atomic mass is 16.5. The van der Waals surface area contributed by atoms with Crippen molar-refractivity contribution < 1.29 is 14.2 Å². The Morgan fingerprint density at radius 2 is 1.71 bits per heavy atom. The SMILES string of the molecule is CCC(C)Oc1c(CNCc2ccc(OC)cc2)cccc1OC. The van der Waals surface area contributed by atoms with Crippen molar-refractivity contribution in [3.05, 3.63) is 53.6 Å². The Hall–Kier alpha value is -2.20. The van der Waals surface area contributed by atoms with Gasteiger partial charge in [-0.25, -0.2) is 0 Å². The molecule has 0 spiro atoms. The Morgan fingerprint density at radius 1 is 0.958 bits per heavy atom. The summed E-state index contributed by atoms with van der Waals surface area (Å²) in [6.07, 6.45) is 1.11. The number of ether oxygens (including phenoxy) is 3. The highest BCUT2D eigenvalue weighted by Gasteiger charge is 2.13. The van der Waals surface area contributed by atoms with E-state index < -0.39 is 0 Å². The first kappa shape index (κ1) is 18.1. The average Bonchev–Trinajstić information content (AvgIpc) is 2.63. The first-order chi connectivity index (χ1) is 11.7. The third kappa shape index (κ3) is 4.90. The quantitative estimate of drug-likeness (QED) is 0.749. The van der Waals surface area contributed by atoms with Crippen LogP contribution >= 0.6 is 0 Å². The van der Waals surface area contributed by atoms with Gasteiger partial charge < -0.3 is 19.5 Å². The second-order valence-electron chi connectivity index (χ2n) is 5.74. The summed E-state index contributed by atoms with van der Waals surface area (Å²) in [6.45, 7) is 5.68. The molecule has 2 aromatic rings. The minimum atomic E-state index is 0.154. The van der Waals surface area contributed by atoms with Gasteiger partial charge in [-0.15, -0.1) is 0 Å². The fourth-order valence-corrected chi connectivity index (χ4v) is 2.36. The van der Waals surface area contributed by atoms with E-state index in [2.05, 4.69) is 37.4 Å². The van der Waals surface area contributed by atoms with E-state index in [0.29, 0.717) is 0 Å². The maximum atomic E-state index is 6.07. The van der Waals surface area contributed by atoms with Crippen molar-refractivity contribution >= 4 is 0 Å². The summed E-state index contributed by atoms with van der Waals surface area (Å²) in [5.74, 6) is 2.48. The predicted octanol–water partition coefficient (Wildman–Crippen LogP) is 4.17. The third-order valence-corrected chi connectivity index (χ3v) is 3.98. The molecular formula is C20H27NO3. The lowest BCUT2D eigenvalue weighted by molar-refractivity contribution is 0.205. The van der Waals surface area contributed by atoms with E-state index in [1.54, 1.807) is 14.2 Å². The number of hydrogen-bond donors (Lipinski definition) is 1. The van der Waals surface area contributed by atoms with Crippen molar-refractivity contribution in [2.45, 2.75) is 39.5 Å². The molecule has 0 aromatic heterocycles. The van der Waals surface area contributed by atoms with Crippen LogP contribution < -0.4 is 19.5 Å². The molecular weight excluding hydrogens is 302 g/mol. The second-order valence-corrected chi connectivity index (χ2v) is 5.74. The molecule has 2 aromatic carbocycles. The summed E-state index contributed by atoms with van der Waals surface area (Å²) < 4.78 is 16.7. The van der Waals surface area contributed by atoms with Gasteiger partial charge in [0.15, 0.2) is 11.5 Å². The van der Waals surface area contributed by atoms with Crippen LogP contribution in [0.3, 0.4) is 0 Å². The summed E-state index contributed by atoms with van der Waals surface area (Å²) in [7, 11) is 3.35. The highest BCUT2D eigenvalue weighted by molar-refractivity contribution is 5.46. The van der Waals surface area contributed by atoms with Gasteiger partial charge in [-0.05, 0) is 37.1 Å². The Morgan fingerprint density at radius 3 is 2.33 bits per heavy atom. The van der Waals surface area contributed by atoms with Gasteiger partial charge in [-0.1, -0.05) is 31.2 Å². The number of benzene rings is 2. The number of nitrogens with one attached hydrogen (secondary N) is 1. The van der Waals surface area contributed by atoms with E-state index in [4.69, 9.17) is 14.2 Å². The first-order valence-electron chi connectivity index (χ1n) is 8.34. The summed E-state index contributed by atoms with van der Waals surface area (Å²) >= 11 is 0. The zero-order chi connectivity index (χ0) is 17.4. The molecule has 0 saturated heterocycles. The van der Waals surface area contributed by atoms with Gasteiger partial charge in [0.25, 0.3) is 0 Å². The molecule has 2 rings (SSSR count). The van der Waals surface area contributed by atoms with Crippen molar-refractivity contribution in [2.24, 2.45) is 0 Å². The maximum Gasteiger partial charge on any atom is 0.166 e. The van der Waals surface area contributed by atoms with Crippen LogP contribution in [-0.4, -0.2) is 20.3 Å². The number of rotatable bonds is 9. The van der Waals surface area contributed by atoms with Crippen molar-refractivity contribution in [3.63, 3.8) is 0 Å². The minimum Gasteiger partial charge on any atom is -0.497 e. The van der Waals surface area contributed by atoms with Gasteiger partial charge in [0.05, 0.1) is 20.3 Å². The number of hydrogen-bond acceptors (Lipinski definition) is 4. The summed E-state index contributed by atoms with van der Waals surface area (Å²) in [6, 6.07) is 14.1. The van der Waals surface area contributed by atoms with Crippen LogP contribution in [-0.2, 0) is 13.1 Å². The molecule has 0 heterocycles. The normalized spacial score (nSPS) is 11.8. The summed E-state index contributed by atoms with van der Waals surface area (Å²) in [5.41, 5.74) is 2.31. The summed E-state index contributed by atoms with van der Waals surface area (Å²) in [5, 5.41) is 3.46. The Labute approximate surface area is 144 Å². The van der Waals surface area contributed by atoms with Gasteiger partial charge in [0, 0.05) is 18.7 Å². The Kier molecular flexibility index (Phi) is 6.94. The second kappa shape index (κ2) is 9.18. The molecule has 4 nitrogen and oxygen atoms in total. The molecule has 1 N–H and O–H groups in total. The zero-order valence-electron chi connectivity index (χ0n) is 15.0. The first-order valence-corrected chi connectivity index (χ1v) is 8.34. The molecule has 0 saturated carbocycles. The van der Waals surface area contributed by atoms with Crippen LogP contribution in [0, 0.1) is 0 Å². The number of methoxy groups -OCH3 is 2. The zero-order valence-corrected chi connectivity index (χ0v) is 15.0. The van der Waals surface area contributed by atoms with Crippen molar-refractivity contribution in [1.82, 2.24) is 5.32 Å². The maximum absolute atomic E-state index is 6.07. The molecule has 4 heteroatoms. The summed E-state index contributed by atoms with van der Waals surface area (Å²) in [4.78, 5) is 0. The number of para-hydroxylation sites is 1. The average molecular weight is 329 g/mol.